The third kappa shape index (κ3) is 4.08. The number of rotatable bonds is 7. The highest BCUT2D eigenvalue weighted by molar-refractivity contribution is 7.89. The monoisotopic (exact) mass is 417 g/mol. The minimum absolute atomic E-state index is 0.101. The van der Waals surface area contributed by atoms with Gasteiger partial charge >= 0.3 is 0 Å². The van der Waals surface area contributed by atoms with Crippen LogP contribution in [-0.2, 0) is 16.6 Å². The van der Waals surface area contributed by atoms with Gasteiger partial charge < -0.3 is 4.98 Å². The fraction of sp³-hybridized carbons (Fsp3) is 0.136. The lowest BCUT2D eigenvalue weighted by molar-refractivity contribution is 0.413. The van der Waals surface area contributed by atoms with E-state index in [9.17, 15) is 8.42 Å². The van der Waals surface area contributed by atoms with Crippen molar-refractivity contribution in [3.63, 3.8) is 0 Å². The summed E-state index contributed by atoms with van der Waals surface area (Å²) in [7, 11) is -3.81. The summed E-state index contributed by atoms with van der Waals surface area (Å²) in [5.74, 6) is 0.678. The van der Waals surface area contributed by atoms with Crippen molar-refractivity contribution in [3.8, 4) is 17.5 Å². The number of nitriles is 1. The molecule has 0 saturated carbocycles. The molecule has 0 aliphatic carbocycles. The molecule has 2 heterocycles. The summed E-state index contributed by atoms with van der Waals surface area (Å²) in [5, 5.41) is 8.97. The van der Waals surface area contributed by atoms with Crippen LogP contribution < -0.4 is 0 Å². The third-order valence-corrected chi connectivity index (χ3v) is 6.53. The van der Waals surface area contributed by atoms with Crippen molar-refractivity contribution in [1.82, 2.24) is 19.3 Å². The van der Waals surface area contributed by atoms with Crippen LogP contribution in [0.25, 0.3) is 22.4 Å². The van der Waals surface area contributed by atoms with Crippen LogP contribution in [-0.4, -0.2) is 34.2 Å². The molecule has 0 spiro atoms. The van der Waals surface area contributed by atoms with Crippen LogP contribution in [0.1, 0.15) is 12.0 Å². The van der Waals surface area contributed by atoms with E-state index in [2.05, 4.69) is 15.0 Å². The molecular formula is C22H19N5O2S. The first kappa shape index (κ1) is 19.8. The molecule has 4 aromatic rings. The van der Waals surface area contributed by atoms with Crippen molar-refractivity contribution in [3.05, 3.63) is 78.6 Å². The molecule has 1 N–H and O–H groups in total. The molecular weight excluding hydrogens is 398 g/mol. The first-order valence-electron chi connectivity index (χ1n) is 9.39. The smallest absolute Gasteiger partial charge is 0.243 e. The lowest BCUT2D eigenvalue weighted by Gasteiger charge is -2.21. The normalized spacial score (nSPS) is 11.6. The second-order valence-electron chi connectivity index (χ2n) is 6.74. The molecule has 0 saturated heterocycles. The number of H-pyrrole nitrogens is 1. The highest BCUT2D eigenvalue weighted by Crippen LogP contribution is 2.25. The quantitative estimate of drug-likeness (QED) is 0.493. The Labute approximate surface area is 174 Å². The number of nitrogens with zero attached hydrogens (tertiary/aromatic N) is 4. The Hall–Kier alpha value is -3.54. The molecule has 8 heteroatoms. The van der Waals surface area contributed by atoms with Gasteiger partial charge in [0, 0.05) is 37.5 Å². The average molecular weight is 417 g/mol. The zero-order valence-electron chi connectivity index (χ0n) is 16.1. The number of fused-ring (bicyclic) bond motifs is 1. The summed E-state index contributed by atoms with van der Waals surface area (Å²) >= 11 is 0. The predicted molar refractivity (Wildman–Crippen MR) is 114 cm³/mol. The van der Waals surface area contributed by atoms with Gasteiger partial charge in [-0.3, -0.25) is 4.98 Å². The fourth-order valence-electron chi connectivity index (χ4n) is 3.19. The van der Waals surface area contributed by atoms with Crippen molar-refractivity contribution in [1.29, 1.82) is 5.26 Å². The first-order valence-corrected chi connectivity index (χ1v) is 10.8. The molecule has 0 amide bonds. The van der Waals surface area contributed by atoms with Gasteiger partial charge in [-0.2, -0.15) is 9.57 Å². The van der Waals surface area contributed by atoms with Crippen LogP contribution in [0, 0.1) is 11.3 Å². The Morgan fingerprint density at radius 2 is 1.90 bits per heavy atom. The molecule has 0 radical (unpaired) electrons. The molecule has 150 valence electrons. The number of pyridine rings is 1. The van der Waals surface area contributed by atoms with E-state index in [4.69, 9.17) is 5.26 Å². The lowest BCUT2D eigenvalue weighted by atomic mass is 10.2. The summed E-state index contributed by atoms with van der Waals surface area (Å²) in [5.41, 5.74) is 3.00. The van der Waals surface area contributed by atoms with E-state index in [0.29, 0.717) is 16.9 Å². The SMILES string of the molecule is N#CCCN(Cc1cccnc1)S(=O)(=O)c1ccc2nc(-c3ccccc3)[nH]c2c1. The predicted octanol–water partition coefficient (Wildman–Crippen LogP) is 3.73. The van der Waals surface area contributed by atoms with Crippen molar-refractivity contribution in [2.24, 2.45) is 0 Å². The fourth-order valence-corrected chi connectivity index (χ4v) is 4.64. The highest BCUT2D eigenvalue weighted by atomic mass is 32.2. The molecule has 2 aromatic heterocycles. The van der Waals surface area contributed by atoms with Crippen LogP contribution in [0.5, 0.6) is 0 Å². The average Bonchev–Trinajstić information content (AvgIpc) is 3.21. The summed E-state index contributed by atoms with van der Waals surface area (Å²) < 4.78 is 28.0. The molecule has 0 unspecified atom stereocenters. The second kappa shape index (κ2) is 8.45. The Kier molecular flexibility index (Phi) is 5.57. The maximum atomic E-state index is 13.3. The Morgan fingerprint density at radius 1 is 1.07 bits per heavy atom. The Balaban J connectivity index is 1.69. The zero-order chi connectivity index (χ0) is 21.0. The maximum absolute atomic E-state index is 13.3. The van der Waals surface area contributed by atoms with Crippen LogP contribution >= 0.6 is 0 Å². The van der Waals surface area contributed by atoms with Crippen molar-refractivity contribution < 1.29 is 8.42 Å². The van der Waals surface area contributed by atoms with Gasteiger partial charge in [0.25, 0.3) is 0 Å². The molecule has 30 heavy (non-hydrogen) atoms. The zero-order valence-corrected chi connectivity index (χ0v) is 16.9. The number of sulfonamides is 1. The number of nitrogens with one attached hydrogen (secondary N) is 1. The van der Waals surface area contributed by atoms with Gasteiger partial charge in [0.2, 0.25) is 10.0 Å². The number of imidazole rings is 1. The van der Waals surface area contributed by atoms with Gasteiger partial charge in [0.15, 0.2) is 0 Å². The van der Waals surface area contributed by atoms with E-state index in [1.54, 1.807) is 36.7 Å². The molecule has 0 aliphatic rings. The standard InChI is InChI=1S/C22H19N5O2S/c23-11-5-13-27(16-17-6-4-12-24-15-17)30(28,29)19-9-10-20-21(14-19)26-22(25-20)18-7-2-1-3-8-18/h1-4,6-10,12,14-15H,5,13,16H2,(H,25,26). The molecule has 0 fully saturated rings. The minimum atomic E-state index is -3.81. The van der Waals surface area contributed by atoms with E-state index in [1.165, 1.54) is 4.31 Å². The molecule has 0 aliphatic heterocycles. The van der Waals surface area contributed by atoms with Gasteiger partial charge in [-0.15, -0.1) is 0 Å². The van der Waals surface area contributed by atoms with Gasteiger partial charge in [0.1, 0.15) is 5.82 Å². The Morgan fingerprint density at radius 3 is 2.63 bits per heavy atom. The van der Waals surface area contributed by atoms with E-state index in [1.807, 2.05) is 42.5 Å². The van der Waals surface area contributed by atoms with E-state index >= 15 is 0 Å². The Bertz CT molecular complexity index is 1300. The maximum Gasteiger partial charge on any atom is 0.243 e. The van der Waals surface area contributed by atoms with Gasteiger partial charge in [-0.25, -0.2) is 13.4 Å². The van der Waals surface area contributed by atoms with Crippen molar-refractivity contribution in [2.45, 2.75) is 17.9 Å². The summed E-state index contributed by atoms with van der Waals surface area (Å²) in [6, 6.07) is 20.1. The van der Waals surface area contributed by atoms with Crippen LogP contribution in [0.3, 0.4) is 0 Å². The van der Waals surface area contributed by atoms with Crippen LogP contribution in [0.4, 0.5) is 0 Å². The van der Waals surface area contributed by atoms with Crippen molar-refractivity contribution in [2.75, 3.05) is 6.54 Å². The number of hydrogen-bond acceptors (Lipinski definition) is 5. The minimum Gasteiger partial charge on any atom is -0.338 e. The number of hydrogen-bond donors (Lipinski definition) is 1. The van der Waals surface area contributed by atoms with Gasteiger partial charge in [-0.1, -0.05) is 36.4 Å². The molecule has 2 aromatic carbocycles. The van der Waals surface area contributed by atoms with Crippen molar-refractivity contribution >= 4 is 21.1 Å². The number of aromatic amines is 1. The largest absolute Gasteiger partial charge is 0.338 e. The van der Waals surface area contributed by atoms with Crippen LogP contribution in [0.15, 0.2) is 78.0 Å². The number of aromatic nitrogens is 3. The first-order chi connectivity index (χ1) is 14.6. The lowest BCUT2D eigenvalue weighted by Crippen LogP contribution is -2.31. The van der Waals surface area contributed by atoms with E-state index in [0.717, 1.165) is 11.1 Å². The highest BCUT2D eigenvalue weighted by Gasteiger charge is 2.25. The molecule has 0 atom stereocenters. The summed E-state index contributed by atoms with van der Waals surface area (Å²) in [4.78, 5) is 12.0. The van der Waals surface area contributed by atoms with Crippen LogP contribution in [0.2, 0.25) is 0 Å². The molecule has 0 bridgehead atoms. The third-order valence-electron chi connectivity index (χ3n) is 4.69. The second-order valence-corrected chi connectivity index (χ2v) is 8.68. The molecule has 7 nitrogen and oxygen atoms in total. The van der Waals surface area contributed by atoms with Gasteiger partial charge in [0.05, 0.1) is 22.0 Å². The van der Waals surface area contributed by atoms with E-state index < -0.39 is 10.0 Å². The summed E-state index contributed by atoms with van der Waals surface area (Å²) in [6.07, 6.45) is 3.36. The number of benzene rings is 2. The van der Waals surface area contributed by atoms with E-state index in [-0.39, 0.29) is 24.4 Å². The van der Waals surface area contributed by atoms with Gasteiger partial charge in [-0.05, 0) is 29.8 Å². The topological polar surface area (TPSA) is 103 Å². The summed E-state index contributed by atoms with van der Waals surface area (Å²) in [6.45, 7) is 0.248. The molecule has 4 rings (SSSR count).